The first-order valence-electron chi connectivity index (χ1n) is 7.50. The second-order valence-electron chi connectivity index (χ2n) is 5.91. The highest BCUT2D eigenvalue weighted by Crippen LogP contribution is 2.42. The van der Waals surface area contributed by atoms with Gasteiger partial charge in [0.05, 0.1) is 0 Å². The molecule has 3 rings (SSSR count). The molecule has 0 fully saturated rings. The van der Waals surface area contributed by atoms with Crippen LogP contribution in [0.1, 0.15) is 41.6 Å². The number of phenols is 2. The molecule has 2 atom stereocenters. The molecule has 1 aromatic heterocycles. The monoisotopic (exact) mass is 470 g/mol. The van der Waals surface area contributed by atoms with Gasteiger partial charge in [0.15, 0.2) is 11.5 Å². The number of aromatic hydroxyl groups is 2. The highest BCUT2D eigenvalue weighted by Gasteiger charge is 2.26. The molecule has 0 amide bonds. The maximum absolute atomic E-state index is 11.0. The fraction of sp³-hybridized carbons (Fsp3) is 0.222. The second kappa shape index (κ2) is 6.64. The minimum absolute atomic E-state index is 0.181. The Bertz CT molecular complexity index is 939. The summed E-state index contributed by atoms with van der Waals surface area (Å²) in [5.41, 5.74) is 2.20. The fourth-order valence-electron chi connectivity index (χ4n) is 2.74. The van der Waals surface area contributed by atoms with Crippen LogP contribution in [0.3, 0.4) is 0 Å². The van der Waals surface area contributed by atoms with Gasteiger partial charge >= 0.3 is 0 Å². The van der Waals surface area contributed by atoms with Crippen LogP contribution < -0.4 is 0 Å². The fourth-order valence-corrected chi connectivity index (χ4v) is 3.96. The number of hydrogen-bond acceptors (Lipinski definition) is 5. The molecule has 0 aliphatic heterocycles. The van der Waals surface area contributed by atoms with E-state index in [1.54, 1.807) is 12.1 Å². The predicted octanol–water partition coefficient (Wildman–Crippen LogP) is 4.81. The smallest absolute Gasteiger partial charge is 0.161 e. The maximum atomic E-state index is 11.0. The molecule has 2 unspecified atom stereocenters. The zero-order valence-corrected chi connectivity index (χ0v) is 16.6. The average Bonchev–Trinajstić information content (AvgIpc) is 2.90. The summed E-state index contributed by atoms with van der Waals surface area (Å²) in [6.45, 7) is 3.45. The van der Waals surface area contributed by atoms with Crippen LogP contribution in [0.25, 0.3) is 11.0 Å². The van der Waals surface area contributed by atoms with Gasteiger partial charge in [0, 0.05) is 26.0 Å². The quantitative estimate of drug-likeness (QED) is 0.411. The molecule has 25 heavy (non-hydrogen) atoms. The Morgan fingerprint density at radius 3 is 2.08 bits per heavy atom. The van der Waals surface area contributed by atoms with Crippen LogP contribution in [0, 0.1) is 6.92 Å². The van der Waals surface area contributed by atoms with Crippen LogP contribution in [0.15, 0.2) is 37.6 Å². The lowest BCUT2D eigenvalue weighted by Gasteiger charge is -2.15. The third-order valence-electron chi connectivity index (χ3n) is 4.12. The van der Waals surface area contributed by atoms with Crippen molar-refractivity contribution >= 4 is 42.8 Å². The Hall–Kier alpha value is -1.54. The Morgan fingerprint density at radius 1 is 0.960 bits per heavy atom. The minimum Gasteiger partial charge on any atom is -0.504 e. The number of aliphatic hydroxyl groups excluding tert-OH is 2. The predicted molar refractivity (Wildman–Crippen MR) is 101 cm³/mol. The minimum atomic E-state index is -1.09. The molecular formula is C18H16Br2O5. The number of fused-ring (bicyclic) bond motifs is 1. The molecule has 3 aromatic rings. The molecule has 1 heterocycles. The van der Waals surface area contributed by atoms with Gasteiger partial charge in [-0.3, -0.25) is 0 Å². The van der Waals surface area contributed by atoms with Gasteiger partial charge in [-0.05, 0) is 43.2 Å². The lowest BCUT2D eigenvalue weighted by Crippen LogP contribution is -2.04. The zero-order valence-electron chi connectivity index (χ0n) is 13.4. The molecule has 0 aliphatic rings. The van der Waals surface area contributed by atoms with E-state index < -0.39 is 12.2 Å². The number of furan rings is 1. The number of hydrogen-bond donors (Lipinski definition) is 4. The van der Waals surface area contributed by atoms with Crippen LogP contribution >= 0.6 is 31.9 Å². The molecular weight excluding hydrogens is 456 g/mol. The van der Waals surface area contributed by atoms with Crippen molar-refractivity contribution in [3.63, 3.8) is 0 Å². The molecule has 0 bridgehead atoms. The third-order valence-corrected chi connectivity index (χ3v) is 5.77. The van der Waals surface area contributed by atoms with Gasteiger partial charge in [0.25, 0.3) is 0 Å². The summed E-state index contributed by atoms with van der Waals surface area (Å²) in [4.78, 5) is 0. The summed E-state index contributed by atoms with van der Waals surface area (Å²) in [7, 11) is 0. The van der Waals surface area contributed by atoms with Gasteiger partial charge in [-0.1, -0.05) is 31.9 Å². The lowest BCUT2D eigenvalue weighted by atomic mass is 9.96. The second-order valence-corrected chi connectivity index (χ2v) is 7.61. The van der Waals surface area contributed by atoms with E-state index >= 15 is 0 Å². The number of benzene rings is 2. The van der Waals surface area contributed by atoms with Crippen LogP contribution in [0.4, 0.5) is 0 Å². The van der Waals surface area contributed by atoms with E-state index in [1.807, 2.05) is 6.92 Å². The van der Waals surface area contributed by atoms with Crippen molar-refractivity contribution in [1.29, 1.82) is 0 Å². The molecule has 0 spiro atoms. The van der Waals surface area contributed by atoms with Gasteiger partial charge in [0.1, 0.15) is 23.6 Å². The standard InChI is InChI=1S/C18H16Br2O5/c1-7-11(19)3-9(4-12(7)20)17(24)16-10-5-13(22)14(23)6-15(10)25-18(16)8(2)21/h3-6,8,17,21-24H,1-2H3. The largest absolute Gasteiger partial charge is 0.504 e. The summed E-state index contributed by atoms with van der Waals surface area (Å²) in [5.74, 6) is -0.481. The Kier molecular flexibility index (Phi) is 4.85. The van der Waals surface area contributed by atoms with Crippen molar-refractivity contribution in [2.75, 3.05) is 0 Å². The van der Waals surface area contributed by atoms with Crippen molar-refractivity contribution in [1.82, 2.24) is 0 Å². The van der Waals surface area contributed by atoms with E-state index in [2.05, 4.69) is 31.9 Å². The van der Waals surface area contributed by atoms with E-state index in [1.165, 1.54) is 19.1 Å². The van der Waals surface area contributed by atoms with Crippen molar-refractivity contribution in [2.24, 2.45) is 0 Å². The molecule has 0 saturated carbocycles. The Balaban J connectivity index is 2.26. The number of rotatable bonds is 3. The van der Waals surface area contributed by atoms with Crippen LogP contribution in [0.2, 0.25) is 0 Å². The van der Waals surface area contributed by atoms with Gasteiger partial charge in [-0.2, -0.15) is 0 Å². The van der Waals surface area contributed by atoms with E-state index in [0.717, 1.165) is 14.5 Å². The van der Waals surface area contributed by atoms with Crippen molar-refractivity contribution < 1.29 is 24.8 Å². The van der Waals surface area contributed by atoms with Crippen molar-refractivity contribution in [3.05, 3.63) is 55.7 Å². The van der Waals surface area contributed by atoms with Crippen molar-refractivity contribution in [3.8, 4) is 11.5 Å². The number of halogens is 2. The molecule has 2 aromatic carbocycles. The molecule has 4 N–H and O–H groups in total. The maximum Gasteiger partial charge on any atom is 0.161 e. The van der Waals surface area contributed by atoms with Crippen LogP contribution in [-0.2, 0) is 0 Å². The lowest BCUT2D eigenvalue weighted by molar-refractivity contribution is 0.160. The highest BCUT2D eigenvalue weighted by atomic mass is 79.9. The normalized spacial score (nSPS) is 14.0. The van der Waals surface area contributed by atoms with Gasteiger partial charge < -0.3 is 24.8 Å². The third kappa shape index (κ3) is 3.17. The first-order valence-corrected chi connectivity index (χ1v) is 9.09. The van der Waals surface area contributed by atoms with E-state index in [4.69, 9.17) is 4.42 Å². The van der Waals surface area contributed by atoms with E-state index in [9.17, 15) is 20.4 Å². The average molecular weight is 472 g/mol. The summed E-state index contributed by atoms with van der Waals surface area (Å²) < 4.78 is 7.26. The SMILES string of the molecule is Cc1c(Br)cc(C(O)c2c(C(C)O)oc3cc(O)c(O)cc23)cc1Br. The zero-order chi connectivity index (χ0) is 18.5. The summed E-state index contributed by atoms with van der Waals surface area (Å²) in [6.07, 6.45) is -2.07. The Labute approximate surface area is 160 Å². The van der Waals surface area contributed by atoms with Crippen LogP contribution in [0.5, 0.6) is 11.5 Å². The van der Waals surface area contributed by atoms with E-state index in [0.29, 0.717) is 16.5 Å². The topological polar surface area (TPSA) is 94.1 Å². The van der Waals surface area contributed by atoms with Gasteiger partial charge in [-0.25, -0.2) is 0 Å². The number of aliphatic hydroxyl groups is 2. The molecule has 132 valence electrons. The van der Waals surface area contributed by atoms with Gasteiger partial charge in [-0.15, -0.1) is 0 Å². The first kappa shape index (κ1) is 18.3. The molecule has 0 radical (unpaired) electrons. The summed E-state index contributed by atoms with van der Waals surface area (Å²) >= 11 is 6.92. The Morgan fingerprint density at radius 2 is 1.52 bits per heavy atom. The van der Waals surface area contributed by atoms with Crippen molar-refractivity contribution in [2.45, 2.75) is 26.1 Å². The molecule has 0 aliphatic carbocycles. The van der Waals surface area contributed by atoms with Crippen LogP contribution in [-0.4, -0.2) is 20.4 Å². The first-order chi connectivity index (χ1) is 11.7. The summed E-state index contributed by atoms with van der Waals surface area (Å²) in [6, 6.07) is 6.15. The molecule has 0 saturated heterocycles. The highest BCUT2D eigenvalue weighted by molar-refractivity contribution is 9.11. The molecule has 7 heteroatoms. The number of phenolic OH excluding ortho intramolecular Hbond substituents is 2. The molecule has 5 nitrogen and oxygen atoms in total. The summed E-state index contributed by atoms with van der Waals surface area (Å²) in [5, 5.41) is 40.9. The van der Waals surface area contributed by atoms with Gasteiger partial charge in [0.2, 0.25) is 0 Å². The van der Waals surface area contributed by atoms with E-state index in [-0.39, 0.29) is 22.8 Å².